The van der Waals surface area contributed by atoms with Crippen molar-refractivity contribution in [2.45, 2.75) is 26.4 Å². The molecule has 0 amide bonds. The molecule has 0 saturated carbocycles. The molecule has 0 aromatic carbocycles. The summed E-state index contributed by atoms with van der Waals surface area (Å²) >= 11 is 4.94. The van der Waals surface area contributed by atoms with Gasteiger partial charge in [0.2, 0.25) is 0 Å². The minimum atomic E-state index is 0.489. The number of nitrogens with zero attached hydrogens (tertiary/aromatic N) is 1. The normalized spacial score (nSPS) is 11.2. The number of rotatable bonds is 4. The van der Waals surface area contributed by atoms with Crippen LogP contribution in [0, 0.1) is 0 Å². The average Bonchev–Trinajstić information content (AvgIpc) is 2.83. The maximum atomic E-state index is 5.45. The molecule has 2 heterocycles. The first-order valence-electron chi connectivity index (χ1n) is 5.09. The second-order valence-electron chi connectivity index (χ2n) is 3.77. The zero-order valence-electron chi connectivity index (χ0n) is 9.16. The van der Waals surface area contributed by atoms with E-state index in [4.69, 9.17) is 4.42 Å². The standard InChI is InChI=1S/C11H13BrN2OS/c1-7(2)13-5-8-6-14-11(16-8)9-3-4-10(12)15-9/h3-4,6-7,13H,5H2,1-2H3. The molecule has 0 atom stereocenters. The first kappa shape index (κ1) is 11.8. The van der Waals surface area contributed by atoms with E-state index >= 15 is 0 Å². The van der Waals surface area contributed by atoms with Gasteiger partial charge in [0.1, 0.15) is 0 Å². The smallest absolute Gasteiger partial charge is 0.170 e. The Balaban J connectivity index is 2.07. The Hall–Kier alpha value is -0.650. The molecular formula is C11H13BrN2OS. The lowest BCUT2D eigenvalue weighted by Gasteiger charge is -2.04. The maximum absolute atomic E-state index is 5.45. The summed E-state index contributed by atoms with van der Waals surface area (Å²) in [5.74, 6) is 0.813. The molecular weight excluding hydrogens is 288 g/mol. The van der Waals surface area contributed by atoms with Crippen molar-refractivity contribution in [2.75, 3.05) is 0 Å². The first-order valence-corrected chi connectivity index (χ1v) is 6.70. The highest BCUT2D eigenvalue weighted by molar-refractivity contribution is 9.10. The van der Waals surface area contributed by atoms with E-state index in [2.05, 4.69) is 40.1 Å². The van der Waals surface area contributed by atoms with Crippen molar-refractivity contribution in [1.82, 2.24) is 10.3 Å². The second-order valence-corrected chi connectivity index (χ2v) is 5.67. The Kier molecular flexibility index (Phi) is 3.78. The van der Waals surface area contributed by atoms with Crippen molar-refractivity contribution in [3.05, 3.63) is 27.9 Å². The van der Waals surface area contributed by atoms with Gasteiger partial charge in [-0.3, -0.25) is 0 Å². The summed E-state index contributed by atoms with van der Waals surface area (Å²) in [6.07, 6.45) is 1.89. The summed E-state index contributed by atoms with van der Waals surface area (Å²) in [5.41, 5.74) is 0. The van der Waals surface area contributed by atoms with Crippen LogP contribution in [0.15, 0.2) is 27.4 Å². The second kappa shape index (κ2) is 5.12. The van der Waals surface area contributed by atoms with Gasteiger partial charge in [0.05, 0.1) is 0 Å². The zero-order valence-corrected chi connectivity index (χ0v) is 11.6. The van der Waals surface area contributed by atoms with Gasteiger partial charge in [-0.05, 0) is 28.1 Å². The van der Waals surface area contributed by atoms with Crippen LogP contribution in [0.4, 0.5) is 0 Å². The molecule has 2 aromatic rings. The Morgan fingerprint density at radius 1 is 1.50 bits per heavy atom. The summed E-state index contributed by atoms with van der Waals surface area (Å²) < 4.78 is 6.19. The molecule has 2 aromatic heterocycles. The monoisotopic (exact) mass is 300 g/mol. The fraction of sp³-hybridized carbons (Fsp3) is 0.364. The van der Waals surface area contributed by atoms with Crippen molar-refractivity contribution in [3.63, 3.8) is 0 Å². The molecule has 1 N–H and O–H groups in total. The number of nitrogens with one attached hydrogen (secondary N) is 1. The van der Waals surface area contributed by atoms with E-state index in [9.17, 15) is 0 Å². The third-order valence-corrected chi connectivity index (χ3v) is 3.46. The number of hydrogen-bond acceptors (Lipinski definition) is 4. The molecule has 16 heavy (non-hydrogen) atoms. The van der Waals surface area contributed by atoms with Crippen molar-refractivity contribution in [1.29, 1.82) is 0 Å². The van der Waals surface area contributed by atoms with Gasteiger partial charge in [-0.15, -0.1) is 11.3 Å². The molecule has 0 spiro atoms. The molecule has 0 radical (unpaired) electrons. The Morgan fingerprint density at radius 2 is 2.31 bits per heavy atom. The molecule has 5 heteroatoms. The third kappa shape index (κ3) is 2.93. The quantitative estimate of drug-likeness (QED) is 0.936. The Labute approximate surface area is 107 Å². The van der Waals surface area contributed by atoms with Crippen LogP contribution in [0.25, 0.3) is 10.8 Å². The highest BCUT2D eigenvalue weighted by Crippen LogP contribution is 2.28. The lowest BCUT2D eigenvalue weighted by atomic mass is 10.4. The van der Waals surface area contributed by atoms with Gasteiger partial charge in [0, 0.05) is 23.7 Å². The van der Waals surface area contributed by atoms with Gasteiger partial charge >= 0.3 is 0 Å². The minimum Gasteiger partial charge on any atom is -0.447 e. The molecule has 0 fully saturated rings. The van der Waals surface area contributed by atoms with Crippen LogP contribution in [0.2, 0.25) is 0 Å². The topological polar surface area (TPSA) is 38.1 Å². The van der Waals surface area contributed by atoms with Crippen molar-refractivity contribution < 1.29 is 4.42 Å². The molecule has 0 saturated heterocycles. The predicted molar refractivity (Wildman–Crippen MR) is 69.5 cm³/mol. The molecule has 2 rings (SSSR count). The summed E-state index contributed by atoms with van der Waals surface area (Å²) in [4.78, 5) is 5.56. The Bertz CT molecular complexity index is 464. The molecule has 86 valence electrons. The number of halogens is 1. The van der Waals surface area contributed by atoms with E-state index in [0.717, 1.165) is 22.0 Å². The van der Waals surface area contributed by atoms with Gasteiger partial charge in [-0.1, -0.05) is 13.8 Å². The highest BCUT2D eigenvalue weighted by atomic mass is 79.9. The Morgan fingerprint density at radius 3 is 2.94 bits per heavy atom. The summed E-state index contributed by atoms with van der Waals surface area (Å²) in [5, 5.41) is 4.28. The molecule has 0 aliphatic carbocycles. The third-order valence-electron chi connectivity index (χ3n) is 2.02. The van der Waals surface area contributed by atoms with Gasteiger partial charge < -0.3 is 9.73 Å². The fourth-order valence-electron chi connectivity index (χ4n) is 1.24. The van der Waals surface area contributed by atoms with E-state index in [0.29, 0.717) is 6.04 Å². The van der Waals surface area contributed by atoms with E-state index in [1.807, 2.05) is 18.3 Å². The van der Waals surface area contributed by atoms with Crippen LogP contribution in [0.5, 0.6) is 0 Å². The van der Waals surface area contributed by atoms with Crippen molar-refractivity contribution in [3.8, 4) is 10.8 Å². The van der Waals surface area contributed by atoms with Gasteiger partial charge in [0.25, 0.3) is 0 Å². The SMILES string of the molecule is CC(C)NCc1cnc(-c2ccc(Br)o2)s1. The van der Waals surface area contributed by atoms with Gasteiger partial charge in [-0.2, -0.15) is 0 Å². The number of hydrogen-bond donors (Lipinski definition) is 1. The van der Waals surface area contributed by atoms with Crippen LogP contribution in [0.1, 0.15) is 18.7 Å². The van der Waals surface area contributed by atoms with E-state index in [1.165, 1.54) is 4.88 Å². The van der Waals surface area contributed by atoms with Crippen LogP contribution < -0.4 is 5.32 Å². The number of aromatic nitrogens is 1. The highest BCUT2D eigenvalue weighted by Gasteiger charge is 2.08. The zero-order chi connectivity index (χ0) is 11.5. The lowest BCUT2D eigenvalue weighted by Crippen LogP contribution is -2.21. The summed E-state index contributed by atoms with van der Waals surface area (Å²) in [6.45, 7) is 5.12. The van der Waals surface area contributed by atoms with Gasteiger partial charge in [0.15, 0.2) is 15.4 Å². The fourth-order valence-corrected chi connectivity index (χ4v) is 2.37. The molecule has 0 aliphatic heterocycles. The lowest BCUT2D eigenvalue weighted by molar-refractivity contribution is 0.555. The van der Waals surface area contributed by atoms with Crippen LogP contribution in [-0.2, 0) is 6.54 Å². The number of thiazole rings is 1. The minimum absolute atomic E-state index is 0.489. The average molecular weight is 301 g/mol. The summed E-state index contributed by atoms with van der Waals surface area (Å²) in [7, 11) is 0. The van der Waals surface area contributed by atoms with Crippen molar-refractivity contribution in [2.24, 2.45) is 0 Å². The van der Waals surface area contributed by atoms with E-state index in [1.54, 1.807) is 11.3 Å². The molecule has 3 nitrogen and oxygen atoms in total. The van der Waals surface area contributed by atoms with Gasteiger partial charge in [-0.25, -0.2) is 4.98 Å². The van der Waals surface area contributed by atoms with E-state index < -0.39 is 0 Å². The maximum Gasteiger partial charge on any atom is 0.170 e. The molecule has 0 unspecified atom stereocenters. The molecule has 0 bridgehead atoms. The van der Waals surface area contributed by atoms with Crippen LogP contribution in [0.3, 0.4) is 0 Å². The van der Waals surface area contributed by atoms with Crippen LogP contribution >= 0.6 is 27.3 Å². The van der Waals surface area contributed by atoms with Crippen LogP contribution in [-0.4, -0.2) is 11.0 Å². The largest absolute Gasteiger partial charge is 0.447 e. The van der Waals surface area contributed by atoms with Crippen molar-refractivity contribution >= 4 is 27.3 Å². The molecule has 0 aliphatic rings. The van der Waals surface area contributed by atoms with E-state index in [-0.39, 0.29) is 0 Å². The predicted octanol–water partition coefficient (Wildman–Crippen LogP) is 3.66. The number of furan rings is 1. The first-order chi connectivity index (χ1) is 7.65. The summed E-state index contributed by atoms with van der Waals surface area (Å²) in [6, 6.07) is 4.29.